The summed E-state index contributed by atoms with van der Waals surface area (Å²) >= 11 is 0. The second-order valence-electron chi connectivity index (χ2n) is 7.60. The molecule has 1 saturated heterocycles. The third-order valence-corrected chi connectivity index (χ3v) is 5.49. The van der Waals surface area contributed by atoms with Crippen LogP contribution in [0.4, 0.5) is 5.69 Å². The molecule has 1 aromatic carbocycles. The standard InChI is InChI=1S/C21H28N4O3/c1-14-6-5-7-15(2)21(14)22-19(26)13-24-8-10-25(11-9-24)20(27)12-18-16(3)23-28-17(18)4/h5-7H,8-13H2,1-4H3,(H,22,26)/p+1. The summed E-state index contributed by atoms with van der Waals surface area (Å²) in [5.41, 5.74) is 4.70. The SMILES string of the molecule is Cc1cccc(C)c1NC(=O)C[NH+]1CCN(C(=O)Cc2c(C)noc2C)CC1. The third kappa shape index (κ3) is 4.59. The van der Waals surface area contributed by atoms with Crippen LogP contribution in [0, 0.1) is 27.7 Å². The van der Waals surface area contributed by atoms with E-state index in [1.165, 1.54) is 4.90 Å². The lowest BCUT2D eigenvalue weighted by Gasteiger charge is -2.32. The quantitative estimate of drug-likeness (QED) is 0.799. The van der Waals surface area contributed by atoms with Gasteiger partial charge in [0.15, 0.2) is 6.54 Å². The minimum atomic E-state index is 0.0166. The fraction of sp³-hybridized carbons (Fsp3) is 0.476. The van der Waals surface area contributed by atoms with E-state index in [0.717, 1.165) is 41.2 Å². The Balaban J connectivity index is 1.48. The van der Waals surface area contributed by atoms with Gasteiger partial charge >= 0.3 is 0 Å². The van der Waals surface area contributed by atoms with Crippen LogP contribution in [0.5, 0.6) is 0 Å². The number of aromatic nitrogens is 1. The first kappa shape index (κ1) is 20.1. The number of aryl methyl sites for hydroxylation is 4. The zero-order chi connectivity index (χ0) is 20.3. The molecule has 2 amide bonds. The molecular formula is C21H29N4O3+. The van der Waals surface area contributed by atoms with Crippen molar-refractivity contribution in [2.24, 2.45) is 0 Å². The zero-order valence-electron chi connectivity index (χ0n) is 17.1. The Morgan fingerprint density at radius 1 is 1.14 bits per heavy atom. The summed E-state index contributed by atoms with van der Waals surface area (Å²) < 4.78 is 5.14. The van der Waals surface area contributed by atoms with E-state index < -0.39 is 0 Å². The van der Waals surface area contributed by atoms with E-state index in [4.69, 9.17) is 4.52 Å². The smallest absolute Gasteiger partial charge is 0.279 e. The third-order valence-electron chi connectivity index (χ3n) is 5.49. The Kier molecular flexibility index (Phi) is 6.14. The average Bonchev–Trinajstić information content (AvgIpc) is 2.97. The van der Waals surface area contributed by atoms with E-state index in [-0.39, 0.29) is 11.8 Å². The highest BCUT2D eigenvalue weighted by molar-refractivity contribution is 5.93. The Labute approximate surface area is 165 Å². The number of benzene rings is 1. The number of rotatable bonds is 5. The van der Waals surface area contributed by atoms with Crippen molar-refractivity contribution in [1.29, 1.82) is 0 Å². The second-order valence-corrected chi connectivity index (χ2v) is 7.60. The summed E-state index contributed by atoms with van der Waals surface area (Å²) in [5, 5.41) is 6.96. The molecule has 1 aliphatic heterocycles. The highest BCUT2D eigenvalue weighted by Crippen LogP contribution is 2.19. The van der Waals surface area contributed by atoms with Crippen LogP contribution in [-0.2, 0) is 16.0 Å². The maximum Gasteiger partial charge on any atom is 0.279 e. The Morgan fingerprint density at radius 2 is 1.79 bits per heavy atom. The first-order valence-corrected chi connectivity index (χ1v) is 9.74. The molecule has 1 aliphatic rings. The molecule has 150 valence electrons. The largest absolute Gasteiger partial charge is 0.361 e. The summed E-state index contributed by atoms with van der Waals surface area (Å²) in [6.07, 6.45) is 0.323. The Hall–Kier alpha value is -2.67. The number of quaternary nitrogens is 1. The summed E-state index contributed by atoms with van der Waals surface area (Å²) in [7, 11) is 0. The molecule has 3 rings (SSSR count). The van der Waals surface area contributed by atoms with Crippen LogP contribution >= 0.6 is 0 Å². The lowest BCUT2D eigenvalue weighted by atomic mass is 10.1. The first-order valence-electron chi connectivity index (χ1n) is 9.74. The van der Waals surface area contributed by atoms with Crippen molar-refractivity contribution in [1.82, 2.24) is 10.1 Å². The monoisotopic (exact) mass is 385 g/mol. The van der Waals surface area contributed by atoms with Gasteiger partial charge in [0, 0.05) is 11.3 Å². The summed E-state index contributed by atoms with van der Waals surface area (Å²) in [4.78, 5) is 28.1. The topological polar surface area (TPSA) is 79.9 Å². The number of carbonyl (C=O) groups excluding carboxylic acids is 2. The van der Waals surface area contributed by atoms with Crippen molar-refractivity contribution in [3.8, 4) is 0 Å². The number of hydrogen-bond donors (Lipinski definition) is 2. The highest BCUT2D eigenvalue weighted by Gasteiger charge is 2.26. The molecule has 2 N–H and O–H groups in total. The van der Waals surface area contributed by atoms with Gasteiger partial charge in [0.25, 0.3) is 5.91 Å². The van der Waals surface area contributed by atoms with Crippen molar-refractivity contribution in [2.75, 3.05) is 38.0 Å². The van der Waals surface area contributed by atoms with Crippen LogP contribution in [0.3, 0.4) is 0 Å². The fourth-order valence-electron chi connectivity index (χ4n) is 3.69. The highest BCUT2D eigenvalue weighted by atomic mass is 16.5. The van der Waals surface area contributed by atoms with E-state index in [0.29, 0.717) is 31.8 Å². The van der Waals surface area contributed by atoms with Gasteiger partial charge in [0.05, 0.1) is 38.3 Å². The molecule has 0 aliphatic carbocycles. The van der Waals surface area contributed by atoms with Crippen molar-refractivity contribution >= 4 is 17.5 Å². The molecule has 1 aromatic heterocycles. The summed E-state index contributed by atoms with van der Waals surface area (Å²) in [6.45, 7) is 11.0. The predicted octanol–water partition coefficient (Wildman–Crippen LogP) is 0.817. The second kappa shape index (κ2) is 8.56. The zero-order valence-corrected chi connectivity index (χ0v) is 17.1. The molecule has 0 spiro atoms. The Bertz CT molecular complexity index is 827. The number of nitrogens with one attached hydrogen (secondary N) is 2. The van der Waals surface area contributed by atoms with Gasteiger partial charge in [0.1, 0.15) is 5.76 Å². The van der Waals surface area contributed by atoms with Crippen LogP contribution in [0.25, 0.3) is 0 Å². The number of carbonyl (C=O) groups is 2. The van der Waals surface area contributed by atoms with E-state index in [1.807, 2.05) is 50.8 Å². The number of amides is 2. The fourth-order valence-corrected chi connectivity index (χ4v) is 3.69. The predicted molar refractivity (Wildman–Crippen MR) is 106 cm³/mol. The van der Waals surface area contributed by atoms with Crippen LogP contribution in [0.15, 0.2) is 22.7 Å². The van der Waals surface area contributed by atoms with E-state index in [1.54, 1.807) is 0 Å². The summed E-state index contributed by atoms with van der Waals surface area (Å²) in [6, 6.07) is 5.99. The lowest BCUT2D eigenvalue weighted by Crippen LogP contribution is -3.15. The van der Waals surface area contributed by atoms with Crippen LogP contribution in [0.2, 0.25) is 0 Å². The van der Waals surface area contributed by atoms with Crippen molar-refractivity contribution in [2.45, 2.75) is 34.1 Å². The van der Waals surface area contributed by atoms with Crippen molar-refractivity contribution in [3.05, 3.63) is 46.3 Å². The minimum absolute atomic E-state index is 0.0166. The molecule has 28 heavy (non-hydrogen) atoms. The average molecular weight is 385 g/mol. The maximum atomic E-state index is 12.6. The van der Waals surface area contributed by atoms with Crippen molar-refractivity contribution < 1.29 is 19.0 Å². The van der Waals surface area contributed by atoms with Crippen LogP contribution < -0.4 is 10.2 Å². The first-order chi connectivity index (χ1) is 13.3. The summed E-state index contributed by atoms with van der Waals surface area (Å²) in [5.74, 6) is 0.814. The molecule has 2 aromatic rings. The molecule has 0 bridgehead atoms. The van der Waals surface area contributed by atoms with Gasteiger partial charge in [-0.2, -0.15) is 0 Å². The van der Waals surface area contributed by atoms with E-state index in [2.05, 4.69) is 10.5 Å². The molecule has 1 fully saturated rings. The molecule has 7 nitrogen and oxygen atoms in total. The number of nitrogens with zero attached hydrogens (tertiary/aromatic N) is 2. The maximum absolute atomic E-state index is 12.6. The van der Waals surface area contributed by atoms with Gasteiger partial charge in [-0.25, -0.2) is 0 Å². The molecule has 0 atom stereocenters. The van der Waals surface area contributed by atoms with E-state index >= 15 is 0 Å². The molecule has 2 heterocycles. The number of piperazine rings is 1. The molecule has 7 heteroatoms. The minimum Gasteiger partial charge on any atom is -0.361 e. The number of hydrogen-bond acceptors (Lipinski definition) is 4. The van der Waals surface area contributed by atoms with Gasteiger partial charge in [-0.3, -0.25) is 9.59 Å². The molecule has 0 unspecified atom stereocenters. The Morgan fingerprint density at radius 3 is 2.36 bits per heavy atom. The van der Waals surface area contributed by atoms with Gasteiger partial charge in [-0.05, 0) is 38.8 Å². The van der Waals surface area contributed by atoms with Crippen LogP contribution in [0.1, 0.15) is 28.1 Å². The van der Waals surface area contributed by atoms with Gasteiger partial charge in [-0.15, -0.1) is 0 Å². The van der Waals surface area contributed by atoms with Gasteiger partial charge in [0.2, 0.25) is 5.91 Å². The number of anilines is 1. The van der Waals surface area contributed by atoms with Gasteiger partial charge < -0.3 is 19.6 Å². The number of para-hydroxylation sites is 1. The van der Waals surface area contributed by atoms with Gasteiger partial charge in [-0.1, -0.05) is 23.4 Å². The molecule has 0 radical (unpaired) electrons. The van der Waals surface area contributed by atoms with E-state index in [9.17, 15) is 9.59 Å². The molecule has 0 saturated carbocycles. The lowest BCUT2D eigenvalue weighted by molar-refractivity contribution is -0.895. The normalized spacial score (nSPS) is 14.9. The van der Waals surface area contributed by atoms with Crippen molar-refractivity contribution in [3.63, 3.8) is 0 Å². The van der Waals surface area contributed by atoms with Crippen LogP contribution in [-0.4, -0.2) is 54.6 Å². The molecular weight excluding hydrogens is 356 g/mol.